The third kappa shape index (κ3) is 2.39. The molecule has 3 saturated heterocycles. The summed E-state index contributed by atoms with van der Waals surface area (Å²) < 4.78 is 5.93. The largest absolute Gasteiger partial charge is 0.374 e. The first kappa shape index (κ1) is 15.1. The van der Waals surface area contributed by atoms with Crippen molar-refractivity contribution in [2.24, 2.45) is 17.6 Å². The zero-order chi connectivity index (χ0) is 12.9. The maximum Gasteiger partial charge on any atom is 0.242 e. The summed E-state index contributed by atoms with van der Waals surface area (Å²) in [4.78, 5) is 14.5. The van der Waals surface area contributed by atoms with Gasteiger partial charge in [-0.1, -0.05) is 13.3 Å². The number of nitrogens with zero attached hydrogens (tertiary/aromatic N) is 1. The molecule has 4 nitrogen and oxygen atoms in total. The molecule has 3 rings (SSSR count). The minimum absolute atomic E-state index is 0. The van der Waals surface area contributed by atoms with Crippen LogP contribution >= 0.6 is 12.4 Å². The number of rotatable bonds is 3. The van der Waals surface area contributed by atoms with Crippen LogP contribution < -0.4 is 5.73 Å². The second-order valence-corrected chi connectivity index (χ2v) is 6.50. The molecule has 5 atom stereocenters. The van der Waals surface area contributed by atoms with Gasteiger partial charge in [0.15, 0.2) is 0 Å². The molecule has 1 amide bonds. The van der Waals surface area contributed by atoms with Gasteiger partial charge in [0.25, 0.3) is 0 Å². The molecular weight excluding hydrogens is 264 g/mol. The van der Waals surface area contributed by atoms with Crippen LogP contribution in [0.2, 0.25) is 0 Å². The van der Waals surface area contributed by atoms with Crippen molar-refractivity contribution >= 4 is 18.3 Å². The molecule has 0 spiro atoms. The van der Waals surface area contributed by atoms with Crippen LogP contribution in [0.4, 0.5) is 0 Å². The average Bonchev–Trinajstić information content (AvgIpc) is 2.99. The first-order valence-electron chi connectivity index (χ1n) is 7.26. The lowest BCUT2D eigenvalue weighted by molar-refractivity contribution is -0.136. The van der Waals surface area contributed by atoms with Gasteiger partial charge < -0.3 is 15.4 Å². The van der Waals surface area contributed by atoms with Crippen molar-refractivity contribution in [2.75, 3.05) is 13.1 Å². The molecule has 0 aromatic carbocycles. The predicted molar refractivity (Wildman–Crippen MR) is 76.2 cm³/mol. The van der Waals surface area contributed by atoms with Crippen LogP contribution in [0.25, 0.3) is 0 Å². The smallest absolute Gasteiger partial charge is 0.242 e. The maximum absolute atomic E-state index is 12.5. The van der Waals surface area contributed by atoms with Crippen molar-refractivity contribution in [3.05, 3.63) is 0 Å². The van der Waals surface area contributed by atoms with E-state index in [9.17, 15) is 4.79 Å². The Labute approximate surface area is 121 Å². The molecular formula is C14H25ClN2O2. The number of carbonyl (C=O) groups is 1. The monoisotopic (exact) mass is 288 g/mol. The summed E-state index contributed by atoms with van der Waals surface area (Å²) in [7, 11) is 0. The molecule has 110 valence electrons. The number of halogens is 1. The minimum Gasteiger partial charge on any atom is -0.374 e. The summed E-state index contributed by atoms with van der Waals surface area (Å²) in [5.74, 6) is 1.29. The summed E-state index contributed by atoms with van der Waals surface area (Å²) in [6, 6.07) is 0. The van der Waals surface area contributed by atoms with Crippen LogP contribution in [0, 0.1) is 11.8 Å². The number of likely N-dealkylation sites (tertiary alicyclic amines) is 1. The lowest BCUT2D eigenvalue weighted by Gasteiger charge is -2.29. The number of hydrogen-bond acceptors (Lipinski definition) is 3. The fraction of sp³-hybridized carbons (Fsp3) is 0.929. The standard InChI is InChI=1S/C14H24N2O2.ClH/c1-3-6-14(2,15)13(17)16-7-9-10(8-16)12-5-4-11(9)18-12;/h9-12H,3-8,15H2,1-2H3;1H. The van der Waals surface area contributed by atoms with Gasteiger partial charge in [-0.05, 0) is 26.2 Å². The van der Waals surface area contributed by atoms with E-state index in [1.165, 1.54) is 12.8 Å². The molecule has 0 aliphatic carbocycles. The van der Waals surface area contributed by atoms with Crippen LogP contribution in [-0.2, 0) is 9.53 Å². The molecule has 5 heteroatoms. The highest BCUT2D eigenvalue weighted by Crippen LogP contribution is 2.47. The highest BCUT2D eigenvalue weighted by Gasteiger charge is 2.54. The zero-order valence-electron chi connectivity index (χ0n) is 11.8. The van der Waals surface area contributed by atoms with Gasteiger partial charge in [0.1, 0.15) is 0 Å². The highest BCUT2D eigenvalue weighted by atomic mass is 35.5. The van der Waals surface area contributed by atoms with Crippen LogP contribution in [-0.4, -0.2) is 41.6 Å². The van der Waals surface area contributed by atoms with E-state index in [0.717, 1.165) is 25.9 Å². The number of carbonyl (C=O) groups excluding carboxylic acids is 1. The Kier molecular flexibility index (Phi) is 4.15. The van der Waals surface area contributed by atoms with Crippen molar-refractivity contribution in [1.29, 1.82) is 0 Å². The van der Waals surface area contributed by atoms with Crippen LogP contribution in [0.15, 0.2) is 0 Å². The van der Waals surface area contributed by atoms with Gasteiger partial charge in [-0.2, -0.15) is 0 Å². The summed E-state index contributed by atoms with van der Waals surface area (Å²) >= 11 is 0. The third-order valence-electron chi connectivity index (χ3n) is 5.00. The fourth-order valence-electron chi connectivity index (χ4n) is 4.11. The molecule has 0 aromatic heterocycles. The van der Waals surface area contributed by atoms with E-state index in [0.29, 0.717) is 24.0 Å². The molecule has 0 aromatic rings. The number of ether oxygens (including phenoxy) is 1. The number of nitrogens with two attached hydrogens (primary N) is 1. The average molecular weight is 289 g/mol. The highest BCUT2D eigenvalue weighted by molar-refractivity contribution is 5.86. The van der Waals surface area contributed by atoms with Crippen molar-refractivity contribution in [2.45, 2.75) is 57.3 Å². The molecule has 3 fully saturated rings. The molecule has 2 bridgehead atoms. The third-order valence-corrected chi connectivity index (χ3v) is 5.00. The van der Waals surface area contributed by atoms with Gasteiger partial charge in [-0.15, -0.1) is 12.4 Å². The van der Waals surface area contributed by atoms with Crippen LogP contribution in [0.3, 0.4) is 0 Å². The van der Waals surface area contributed by atoms with Gasteiger partial charge in [0.2, 0.25) is 5.91 Å². The number of amides is 1. The molecule has 19 heavy (non-hydrogen) atoms. The molecule has 3 heterocycles. The molecule has 2 N–H and O–H groups in total. The fourth-order valence-corrected chi connectivity index (χ4v) is 4.11. The number of fused-ring (bicyclic) bond motifs is 5. The summed E-state index contributed by atoms with van der Waals surface area (Å²) in [6.07, 6.45) is 4.90. The van der Waals surface area contributed by atoms with Gasteiger partial charge in [-0.3, -0.25) is 4.79 Å². The topological polar surface area (TPSA) is 55.6 Å². The summed E-state index contributed by atoms with van der Waals surface area (Å²) in [5, 5.41) is 0. The van der Waals surface area contributed by atoms with Crippen LogP contribution in [0.5, 0.6) is 0 Å². The summed E-state index contributed by atoms with van der Waals surface area (Å²) in [6.45, 7) is 5.67. The van der Waals surface area contributed by atoms with E-state index in [2.05, 4.69) is 6.92 Å². The second-order valence-electron chi connectivity index (χ2n) is 6.50. The Balaban J connectivity index is 0.00000133. The molecule has 3 aliphatic rings. The Bertz CT molecular complexity index is 343. The van der Waals surface area contributed by atoms with E-state index in [1.807, 2.05) is 11.8 Å². The Hall–Kier alpha value is -0.320. The van der Waals surface area contributed by atoms with Crippen molar-refractivity contribution in [3.63, 3.8) is 0 Å². The maximum atomic E-state index is 12.5. The van der Waals surface area contributed by atoms with Crippen molar-refractivity contribution in [1.82, 2.24) is 4.90 Å². The quantitative estimate of drug-likeness (QED) is 0.857. The van der Waals surface area contributed by atoms with Gasteiger partial charge in [0, 0.05) is 24.9 Å². The second kappa shape index (κ2) is 5.23. The van der Waals surface area contributed by atoms with Crippen molar-refractivity contribution < 1.29 is 9.53 Å². The molecule has 5 unspecified atom stereocenters. The zero-order valence-corrected chi connectivity index (χ0v) is 12.6. The lowest BCUT2D eigenvalue weighted by atomic mass is 9.82. The Morgan fingerprint density at radius 2 is 1.84 bits per heavy atom. The van der Waals surface area contributed by atoms with Gasteiger partial charge in [-0.25, -0.2) is 0 Å². The Morgan fingerprint density at radius 3 is 2.32 bits per heavy atom. The van der Waals surface area contributed by atoms with E-state index < -0.39 is 5.54 Å². The minimum atomic E-state index is -0.687. The van der Waals surface area contributed by atoms with Crippen LogP contribution in [0.1, 0.15) is 39.5 Å². The number of hydrogen-bond donors (Lipinski definition) is 1. The van der Waals surface area contributed by atoms with Gasteiger partial charge in [0.05, 0.1) is 17.7 Å². The summed E-state index contributed by atoms with van der Waals surface area (Å²) in [5.41, 5.74) is 5.48. The van der Waals surface area contributed by atoms with E-state index in [4.69, 9.17) is 10.5 Å². The normalized spacial score (nSPS) is 38.8. The van der Waals surface area contributed by atoms with Crippen molar-refractivity contribution in [3.8, 4) is 0 Å². The lowest BCUT2D eigenvalue weighted by Crippen LogP contribution is -2.53. The molecule has 3 aliphatic heterocycles. The van der Waals surface area contributed by atoms with Gasteiger partial charge >= 0.3 is 0 Å². The van der Waals surface area contributed by atoms with E-state index >= 15 is 0 Å². The van der Waals surface area contributed by atoms with E-state index in [-0.39, 0.29) is 18.3 Å². The molecule has 0 saturated carbocycles. The van der Waals surface area contributed by atoms with E-state index in [1.54, 1.807) is 0 Å². The Morgan fingerprint density at radius 1 is 1.32 bits per heavy atom. The SMILES string of the molecule is CCCC(C)(N)C(=O)N1CC2C3CCC(O3)C2C1.Cl. The first-order chi connectivity index (χ1) is 8.53. The molecule has 0 radical (unpaired) electrons. The first-order valence-corrected chi connectivity index (χ1v) is 7.26. The predicted octanol–water partition coefficient (Wildman–Crippen LogP) is 1.56.